The van der Waals surface area contributed by atoms with Crippen LogP contribution >= 0.6 is 0 Å². The number of piperidine rings is 1. The van der Waals surface area contributed by atoms with Crippen LogP contribution in [0.2, 0.25) is 0 Å². The molecule has 0 aromatic carbocycles. The number of nitrogens with zero attached hydrogens (tertiary/aromatic N) is 1. The van der Waals surface area contributed by atoms with Gasteiger partial charge in [-0.2, -0.15) is 0 Å². The molecule has 1 aliphatic carbocycles. The van der Waals surface area contributed by atoms with Gasteiger partial charge in [0.1, 0.15) is 0 Å². The summed E-state index contributed by atoms with van der Waals surface area (Å²) in [6.07, 6.45) is 6.50. The maximum atomic E-state index is 12.1. The normalized spacial score (nSPS) is 26.4. The summed E-state index contributed by atoms with van der Waals surface area (Å²) in [7, 11) is -3.00. The SMILES string of the molecule is CCCCS(=O)(=O)N1CCCC(CNC2CC2)C1. The molecule has 4 nitrogen and oxygen atoms in total. The van der Waals surface area contributed by atoms with Crippen molar-refractivity contribution in [2.75, 3.05) is 25.4 Å². The van der Waals surface area contributed by atoms with Crippen molar-refractivity contribution in [3.8, 4) is 0 Å². The molecule has 0 aromatic rings. The average Bonchev–Trinajstić information content (AvgIpc) is 3.18. The highest BCUT2D eigenvalue weighted by atomic mass is 32.2. The molecule has 2 rings (SSSR count). The first-order valence-electron chi connectivity index (χ1n) is 7.33. The third kappa shape index (κ3) is 4.21. The van der Waals surface area contributed by atoms with Crippen LogP contribution in [-0.4, -0.2) is 44.2 Å². The van der Waals surface area contributed by atoms with Crippen molar-refractivity contribution in [2.24, 2.45) is 5.92 Å². The van der Waals surface area contributed by atoms with E-state index in [2.05, 4.69) is 5.32 Å². The molecule has 2 fully saturated rings. The highest BCUT2D eigenvalue weighted by molar-refractivity contribution is 7.89. The van der Waals surface area contributed by atoms with Gasteiger partial charge >= 0.3 is 0 Å². The molecule has 1 aliphatic heterocycles. The molecule has 5 heteroatoms. The monoisotopic (exact) mass is 274 g/mol. The van der Waals surface area contributed by atoms with E-state index >= 15 is 0 Å². The standard InChI is InChI=1S/C13H26N2O2S/c1-2-3-9-18(16,17)15-8-4-5-12(11-15)10-14-13-6-7-13/h12-14H,2-11H2,1H3. The van der Waals surface area contributed by atoms with E-state index < -0.39 is 10.0 Å². The molecule has 18 heavy (non-hydrogen) atoms. The number of hydrogen-bond acceptors (Lipinski definition) is 3. The largest absolute Gasteiger partial charge is 0.314 e. The minimum Gasteiger partial charge on any atom is -0.314 e. The van der Waals surface area contributed by atoms with E-state index in [1.54, 1.807) is 4.31 Å². The summed E-state index contributed by atoms with van der Waals surface area (Å²) >= 11 is 0. The lowest BCUT2D eigenvalue weighted by Crippen LogP contribution is -2.43. The fourth-order valence-electron chi connectivity index (χ4n) is 2.52. The van der Waals surface area contributed by atoms with Crippen molar-refractivity contribution in [3.05, 3.63) is 0 Å². The molecule has 0 radical (unpaired) electrons. The van der Waals surface area contributed by atoms with Crippen molar-refractivity contribution in [2.45, 2.75) is 51.5 Å². The second kappa shape index (κ2) is 6.35. The zero-order chi connectivity index (χ0) is 13.0. The Balaban J connectivity index is 1.80. The summed E-state index contributed by atoms with van der Waals surface area (Å²) in [5.41, 5.74) is 0. The fourth-order valence-corrected chi connectivity index (χ4v) is 4.28. The third-order valence-electron chi connectivity index (χ3n) is 3.90. The maximum Gasteiger partial charge on any atom is 0.214 e. The van der Waals surface area contributed by atoms with E-state index in [1.807, 2.05) is 6.92 Å². The lowest BCUT2D eigenvalue weighted by atomic mass is 10.00. The topological polar surface area (TPSA) is 49.4 Å². The maximum absolute atomic E-state index is 12.1. The van der Waals surface area contributed by atoms with E-state index in [4.69, 9.17) is 0 Å². The summed E-state index contributed by atoms with van der Waals surface area (Å²) in [6, 6.07) is 0.720. The fraction of sp³-hybridized carbons (Fsp3) is 1.00. The Morgan fingerprint density at radius 2 is 2.06 bits per heavy atom. The first-order valence-corrected chi connectivity index (χ1v) is 8.94. The second-order valence-corrected chi connectivity index (χ2v) is 7.81. The summed E-state index contributed by atoms with van der Waals surface area (Å²) in [5, 5.41) is 3.52. The molecular formula is C13H26N2O2S. The van der Waals surface area contributed by atoms with Gasteiger partial charge in [0.15, 0.2) is 0 Å². The average molecular weight is 274 g/mol. The zero-order valence-corrected chi connectivity index (χ0v) is 12.2. The Hall–Kier alpha value is -0.130. The van der Waals surface area contributed by atoms with Gasteiger partial charge in [0.2, 0.25) is 10.0 Å². The predicted octanol–water partition coefficient (Wildman–Crippen LogP) is 1.58. The molecule has 1 atom stereocenters. The number of rotatable bonds is 7. The molecule has 1 saturated heterocycles. The molecule has 1 unspecified atom stereocenters. The number of unbranched alkanes of at least 4 members (excludes halogenated alkanes) is 1. The first-order chi connectivity index (χ1) is 8.62. The minimum absolute atomic E-state index is 0.326. The molecule has 1 heterocycles. The Morgan fingerprint density at radius 3 is 2.72 bits per heavy atom. The molecule has 0 bridgehead atoms. The first kappa shape index (κ1) is 14.3. The van der Waals surface area contributed by atoms with Gasteiger partial charge in [0, 0.05) is 19.1 Å². The number of sulfonamides is 1. The third-order valence-corrected chi connectivity index (χ3v) is 5.83. The number of nitrogens with one attached hydrogen (secondary N) is 1. The molecule has 1 N–H and O–H groups in total. The molecule has 106 valence electrons. The lowest BCUT2D eigenvalue weighted by Gasteiger charge is -2.32. The Labute approximate surface area is 111 Å². The molecular weight excluding hydrogens is 248 g/mol. The minimum atomic E-state index is -3.00. The van der Waals surface area contributed by atoms with Gasteiger partial charge in [0.25, 0.3) is 0 Å². The summed E-state index contributed by atoms with van der Waals surface area (Å²) in [5.74, 6) is 0.836. The highest BCUT2D eigenvalue weighted by Crippen LogP contribution is 2.22. The smallest absolute Gasteiger partial charge is 0.214 e. The summed E-state index contributed by atoms with van der Waals surface area (Å²) < 4.78 is 26.0. The van der Waals surface area contributed by atoms with Crippen LogP contribution < -0.4 is 5.32 Å². The van der Waals surface area contributed by atoms with Crippen LogP contribution in [0, 0.1) is 5.92 Å². The van der Waals surface area contributed by atoms with E-state index in [0.717, 1.165) is 44.9 Å². The van der Waals surface area contributed by atoms with Gasteiger partial charge < -0.3 is 5.32 Å². The van der Waals surface area contributed by atoms with Gasteiger partial charge in [-0.05, 0) is 44.6 Å². The molecule has 0 aromatic heterocycles. The molecule has 0 spiro atoms. The van der Waals surface area contributed by atoms with Crippen LogP contribution in [0.25, 0.3) is 0 Å². The van der Waals surface area contributed by atoms with E-state index in [9.17, 15) is 8.42 Å². The van der Waals surface area contributed by atoms with Gasteiger partial charge in [-0.25, -0.2) is 12.7 Å². The second-order valence-electron chi connectivity index (χ2n) is 5.72. The Morgan fingerprint density at radius 1 is 1.28 bits per heavy atom. The van der Waals surface area contributed by atoms with Crippen LogP contribution in [0.4, 0.5) is 0 Å². The van der Waals surface area contributed by atoms with Gasteiger partial charge in [-0.1, -0.05) is 13.3 Å². The van der Waals surface area contributed by atoms with E-state index in [1.165, 1.54) is 19.3 Å². The Bertz CT molecular complexity index is 352. The lowest BCUT2D eigenvalue weighted by molar-refractivity contribution is 0.259. The molecule has 0 amide bonds. The van der Waals surface area contributed by atoms with Crippen molar-refractivity contribution in [1.82, 2.24) is 9.62 Å². The van der Waals surface area contributed by atoms with Crippen LogP contribution in [0.1, 0.15) is 45.4 Å². The molecule has 2 aliphatic rings. The molecule has 1 saturated carbocycles. The summed E-state index contributed by atoms with van der Waals surface area (Å²) in [6.45, 7) is 4.48. The van der Waals surface area contributed by atoms with Gasteiger partial charge in [0.05, 0.1) is 5.75 Å². The van der Waals surface area contributed by atoms with Gasteiger partial charge in [-0.3, -0.25) is 0 Å². The van der Waals surface area contributed by atoms with E-state index in [-0.39, 0.29) is 0 Å². The van der Waals surface area contributed by atoms with E-state index in [0.29, 0.717) is 11.7 Å². The summed E-state index contributed by atoms with van der Waals surface area (Å²) in [4.78, 5) is 0. The van der Waals surface area contributed by atoms with Crippen molar-refractivity contribution < 1.29 is 8.42 Å². The van der Waals surface area contributed by atoms with Crippen LogP contribution in [-0.2, 0) is 10.0 Å². The Kier molecular flexibility index (Phi) is 5.04. The predicted molar refractivity (Wildman–Crippen MR) is 74.0 cm³/mol. The zero-order valence-electron chi connectivity index (χ0n) is 11.4. The van der Waals surface area contributed by atoms with Crippen LogP contribution in [0.15, 0.2) is 0 Å². The van der Waals surface area contributed by atoms with Gasteiger partial charge in [-0.15, -0.1) is 0 Å². The van der Waals surface area contributed by atoms with Crippen molar-refractivity contribution in [1.29, 1.82) is 0 Å². The van der Waals surface area contributed by atoms with Crippen LogP contribution in [0.5, 0.6) is 0 Å². The van der Waals surface area contributed by atoms with Crippen molar-refractivity contribution >= 4 is 10.0 Å². The quantitative estimate of drug-likeness (QED) is 0.767. The number of hydrogen-bond donors (Lipinski definition) is 1. The van der Waals surface area contributed by atoms with Crippen molar-refractivity contribution in [3.63, 3.8) is 0 Å². The van der Waals surface area contributed by atoms with Crippen LogP contribution in [0.3, 0.4) is 0 Å². The highest BCUT2D eigenvalue weighted by Gasteiger charge is 2.29.